The third kappa shape index (κ3) is 3.68. The molecule has 20 heavy (non-hydrogen) atoms. The van der Waals surface area contributed by atoms with E-state index >= 15 is 0 Å². The second-order valence-corrected chi connectivity index (χ2v) is 5.79. The predicted molar refractivity (Wildman–Crippen MR) is 81.1 cm³/mol. The molecule has 0 unspecified atom stereocenters. The average Bonchev–Trinajstić information content (AvgIpc) is 3.00. The van der Waals surface area contributed by atoms with Gasteiger partial charge in [0.25, 0.3) is 0 Å². The zero-order valence-electron chi connectivity index (χ0n) is 11.2. The Morgan fingerprint density at radius 1 is 1.40 bits per heavy atom. The van der Waals surface area contributed by atoms with E-state index < -0.39 is 0 Å². The lowest BCUT2D eigenvalue weighted by atomic mass is 10.1. The molecule has 1 fully saturated rings. The summed E-state index contributed by atoms with van der Waals surface area (Å²) in [6, 6.07) is 6.39. The van der Waals surface area contributed by atoms with Gasteiger partial charge in [0.15, 0.2) is 0 Å². The van der Waals surface area contributed by atoms with E-state index in [1.54, 1.807) is 17.5 Å². The van der Waals surface area contributed by atoms with Crippen molar-refractivity contribution in [2.45, 2.75) is 25.4 Å². The number of nitrogens with one attached hydrogen (secondary N) is 2. The molecule has 1 aliphatic rings. The van der Waals surface area contributed by atoms with Crippen LogP contribution >= 0.6 is 11.3 Å². The second-order valence-electron chi connectivity index (χ2n) is 4.76. The summed E-state index contributed by atoms with van der Waals surface area (Å²) in [6.45, 7) is 2.38. The zero-order valence-corrected chi connectivity index (χ0v) is 12.0. The Morgan fingerprint density at radius 3 is 3.20 bits per heavy atom. The summed E-state index contributed by atoms with van der Waals surface area (Å²) in [5, 5.41) is 8.71. The number of ether oxygens (including phenoxy) is 1. The molecule has 1 atom stereocenters. The van der Waals surface area contributed by atoms with Crippen LogP contribution in [0.3, 0.4) is 0 Å². The maximum atomic E-state index is 5.46. The summed E-state index contributed by atoms with van der Waals surface area (Å²) in [5.74, 6) is 1.50. The van der Waals surface area contributed by atoms with Crippen LogP contribution in [0.1, 0.15) is 17.7 Å². The first-order valence-corrected chi connectivity index (χ1v) is 7.72. The van der Waals surface area contributed by atoms with Gasteiger partial charge < -0.3 is 15.4 Å². The van der Waals surface area contributed by atoms with Crippen LogP contribution in [0, 0.1) is 0 Å². The molecule has 1 saturated heterocycles. The van der Waals surface area contributed by atoms with Gasteiger partial charge in [-0.1, -0.05) is 6.07 Å². The second kappa shape index (κ2) is 6.67. The van der Waals surface area contributed by atoms with E-state index in [0.29, 0.717) is 12.0 Å². The smallest absolute Gasteiger partial charge is 0.224 e. The number of nitrogens with zero attached hydrogens (tertiary/aromatic N) is 2. The molecule has 0 radical (unpaired) electrons. The number of rotatable bonds is 5. The Labute approximate surface area is 122 Å². The maximum absolute atomic E-state index is 5.46. The fraction of sp³-hybridized carbons (Fsp3) is 0.429. The fourth-order valence-electron chi connectivity index (χ4n) is 2.17. The number of hydrogen-bond donors (Lipinski definition) is 2. The van der Waals surface area contributed by atoms with Crippen molar-refractivity contribution in [2.75, 3.05) is 23.8 Å². The molecule has 6 heteroatoms. The minimum Gasteiger partial charge on any atom is -0.379 e. The van der Waals surface area contributed by atoms with Gasteiger partial charge in [-0.2, -0.15) is 4.98 Å². The molecule has 0 saturated carbocycles. The molecule has 3 rings (SSSR count). The van der Waals surface area contributed by atoms with Crippen LogP contribution < -0.4 is 10.6 Å². The molecule has 2 N–H and O–H groups in total. The molecule has 0 aromatic carbocycles. The van der Waals surface area contributed by atoms with Gasteiger partial charge in [-0.05, 0) is 30.4 Å². The monoisotopic (exact) mass is 290 g/mol. The molecule has 2 aromatic heterocycles. The van der Waals surface area contributed by atoms with E-state index in [0.717, 1.165) is 38.4 Å². The highest BCUT2D eigenvalue weighted by Crippen LogP contribution is 2.14. The van der Waals surface area contributed by atoms with Gasteiger partial charge in [0.05, 0.1) is 19.2 Å². The van der Waals surface area contributed by atoms with Gasteiger partial charge in [0.1, 0.15) is 5.82 Å². The van der Waals surface area contributed by atoms with Gasteiger partial charge in [-0.3, -0.25) is 0 Å². The molecule has 2 aromatic rings. The summed E-state index contributed by atoms with van der Waals surface area (Å²) in [5.41, 5.74) is 0. The highest BCUT2D eigenvalue weighted by atomic mass is 32.1. The largest absolute Gasteiger partial charge is 0.379 e. The predicted octanol–water partition coefficient (Wildman–Crippen LogP) is 2.74. The zero-order chi connectivity index (χ0) is 13.6. The fourth-order valence-corrected chi connectivity index (χ4v) is 2.81. The Morgan fingerprint density at radius 2 is 2.40 bits per heavy atom. The van der Waals surface area contributed by atoms with Crippen molar-refractivity contribution < 1.29 is 4.74 Å². The molecule has 0 amide bonds. The quantitative estimate of drug-likeness (QED) is 0.886. The van der Waals surface area contributed by atoms with Crippen molar-refractivity contribution >= 4 is 23.1 Å². The van der Waals surface area contributed by atoms with E-state index in [2.05, 4.69) is 32.0 Å². The summed E-state index contributed by atoms with van der Waals surface area (Å²) in [4.78, 5) is 10.00. The van der Waals surface area contributed by atoms with Crippen LogP contribution in [0.5, 0.6) is 0 Å². The van der Waals surface area contributed by atoms with Crippen molar-refractivity contribution in [3.8, 4) is 0 Å². The molecule has 0 spiro atoms. The van der Waals surface area contributed by atoms with E-state index in [-0.39, 0.29) is 0 Å². The summed E-state index contributed by atoms with van der Waals surface area (Å²) >= 11 is 1.72. The first-order valence-electron chi connectivity index (χ1n) is 6.84. The first-order chi connectivity index (χ1) is 9.90. The van der Waals surface area contributed by atoms with E-state index in [9.17, 15) is 0 Å². The lowest BCUT2D eigenvalue weighted by molar-refractivity contribution is 0.0875. The molecule has 0 aliphatic carbocycles. The highest BCUT2D eigenvalue weighted by Gasteiger charge is 2.14. The Bertz CT molecular complexity index is 526. The Balaban J connectivity index is 1.57. The van der Waals surface area contributed by atoms with Gasteiger partial charge >= 0.3 is 0 Å². The van der Waals surface area contributed by atoms with Gasteiger partial charge in [0, 0.05) is 17.7 Å². The van der Waals surface area contributed by atoms with E-state index in [1.807, 2.05) is 12.1 Å². The highest BCUT2D eigenvalue weighted by molar-refractivity contribution is 7.09. The lowest BCUT2D eigenvalue weighted by Crippen LogP contribution is -2.30. The van der Waals surface area contributed by atoms with Crippen LogP contribution in [-0.2, 0) is 11.3 Å². The van der Waals surface area contributed by atoms with Gasteiger partial charge in [-0.15, -0.1) is 11.3 Å². The van der Waals surface area contributed by atoms with E-state index in [1.165, 1.54) is 4.88 Å². The summed E-state index contributed by atoms with van der Waals surface area (Å²) in [7, 11) is 0. The first kappa shape index (κ1) is 13.3. The van der Waals surface area contributed by atoms with Gasteiger partial charge in [0.2, 0.25) is 5.95 Å². The maximum Gasteiger partial charge on any atom is 0.224 e. The third-order valence-corrected chi connectivity index (χ3v) is 4.05. The van der Waals surface area contributed by atoms with Crippen LogP contribution in [0.15, 0.2) is 29.8 Å². The molecule has 106 valence electrons. The number of hydrogen-bond acceptors (Lipinski definition) is 6. The SMILES string of the molecule is c1csc(CNc2nccc(N[C@@H]3CCCOC3)n2)c1. The summed E-state index contributed by atoms with van der Waals surface area (Å²) in [6.07, 6.45) is 4.00. The third-order valence-electron chi connectivity index (χ3n) is 3.17. The summed E-state index contributed by atoms with van der Waals surface area (Å²) < 4.78 is 5.46. The standard InChI is InChI=1S/C14H18N4OS/c1-3-11(10-19-7-1)17-13-5-6-15-14(18-13)16-9-12-4-2-8-20-12/h2,4-6,8,11H,1,3,7,9-10H2,(H2,15,16,17,18)/t11-/m1/s1. The van der Waals surface area contributed by atoms with E-state index in [4.69, 9.17) is 4.74 Å². The Kier molecular flexibility index (Phi) is 4.45. The number of anilines is 2. The molecule has 0 bridgehead atoms. The minimum atomic E-state index is 0.351. The molecular formula is C14H18N4OS. The van der Waals surface area contributed by atoms with Crippen molar-refractivity contribution in [2.24, 2.45) is 0 Å². The number of thiophene rings is 1. The van der Waals surface area contributed by atoms with Crippen molar-refractivity contribution in [1.29, 1.82) is 0 Å². The van der Waals surface area contributed by atoms with Crippen molar-refractivity contribution in [3.05, 3.63) is 34.7 Å². The lowest BCUT2D eigenvalue weighted by Gasteiger charge is -2.23. The van der Waals surface area contributed by atoms with Gasteiger partial charge in [-0.25, -0.2) is 4.98 Å². The molecule has 5 nitrogen and oxygen atoms in total. The van der Waals surface area contributed by atoms with Crippen LogP contribution in [0.25, 0.3) is 0 Å². The molecule has 1 aliphatic heterocycles. The minimum absolute atomic E-state index is 0.351. The number of aromatic nitrogens is 2. The van der Waals surface area contributed by atoms with Crippen LogP contribution in [0.4, 0.5) is 11.8 Å². The molecule has 3 heterocycles. The Hall–Kier alpha value is -1.66. The average molecular weight is 290 g/mol. The van der Waals surface area contributed by atoms with Crippen LogP contribution in [-0.4, -0.2) is 29.2 Å². The van der Waals surface area contributed by atoms with Crippen LogP contribution in [0.2, 0.25) is 0 Å². The topological polar surface area (TPSA) is 59.1 Å². The van der Waals surface area contributed by atoms with Crippen molar-refractivity contribution in [3.63, 3.8) is 0 Å². The van der Waals surface area contributed by atoms with Crippen molar-refractivity contribution in [1.82, 2.24) is 9.97 Å². The normalized spacial score (nSPS) is 18.7. The molecular weight excluding hydrogens is 272 g/mol.